The number of aliphatic imine (C=N–C) groups is 1. The maximum absolute atomic E-state index is 12.2. The Balaban J connectivity index is 1.42. The Hall–Kier alpha value is -4.12. The van der Waals surface area contributed by atoms with Crippen LogP contribution >= 0.6 is 0 Å². The molecule has 0 radical (unpaired) electrons. The highest BCUT2D eigenvalue weighted by Crippen LogP contribution is 2.27. The number of rotatable bonds is 5. The second kappa shape index (κ2) is 7.72. The zero-order chi connectivity index (χ0) is 20.3. The van der Waals surface area contributed by atoms with Gasteiger partial charge in [-0.15, -0.1) is 0 Å². The topological polar surface area (TPSA) is 61.0 Å². The Bertz CT molecular complexity index is 1280. The van der Waals surface area contributed by atoms with Crippen LogP contribution in [0, 0.1) is 0 Å². The van der Waals surface area contributed by atoms with E-state index in [0.717, 1.165) is 16.5 Å². The molecule has 0 bridgehead atoms. The molecule has 1 aromatic heterocycles. The van der Waals surface area contributed by atoms with Gasteiger partial charge in [-0.2, -0.15) is 0 Å². The molecule has 1 aliphatic heterocycles. The lowest BCUT2D eigenvalue weighted by atomic mass is 10.1. The molecule has 30 heavy (non-hydrogen) atoms. The molecular weight excluding hydrogens is 378 g/mol. The summed E-state index contributed by atoms with van der Waals surface area (Å²) in [7, 11) is 0. The summed E-state index contributed by atoms with van der Waals surface area (Å²) in [6.45, 7) is 0.410. The smallest absolute Gasteiger partial charge is 0.363 e. The van der Waals surface area contributed by atoms with Crippen molar-refractivity contribution in [3.05, 3.63) is 108 Å². The number of furan rings is 1. The average Bonchev–Trinajstić information content (AvgIpc) is 3.43. The highest BCUT2D eigenvalue weighted by atomic mass is 16.6. The van der Waals surface area contributed by atoms with E-state index in [-0.39, 0.29) is 11.6 Å². The Morgan fingerprint density at radius 3 is 2.63 bits per heavy atom. The average molecular weight is 395 g/mol. The van der Waals surface area contributed by atoms with Crippen LogP contribution in [0.1, 0.15) is 16.9 Å². The van der Waals surface area contributed by atoms with Crippen LogP contribution in [0.15, 0.2) is 100 Å². The molecule has 5 nitrogen and oxygen atoms in total. The van der Waals surface area contributed by atoms with Crippen LogP contribution in [-0.4, -0.2) is 11.9 Å². The van der Waals surface area contributed by atoms with Crippen molar-refractivity contribution in [2.75, 3.05) is 0 Å². The Morgan fingerprint density at radius 2 is 1.73 bits per heavy atom. The van der Waals surface area contributed by atoms with Crippen molar-refractivity contribution in [1.82, 2.24) is 0 Å². The second-order valence-electron chi connectivity index (χ2n) is 6.78. The second-order valence-corrected chi connectivity index (χ2v) is 6.78. The van der Waals surface area contributed by atoms with Crippen molar-refractivity contribution < 1.29 is 18.7 Å². The van der Waals surface area contributed by atoms with Crippen LogP contribution in [-0.2, 0) is 16.1 Å². The summed E-state index contributed by atoms with van der Waals surface area (Å²) < 4.78 is 16.6. The van der Waals surface area contributed by atoms with Crippen LogP contribution in [0.4, 0.5) is 0 Å². The zero-order valence-corrected chi connectivity index (χ0v) is 15.9. The summed E-state index contributed by atoms with van der Waals surface area (Å²) in [6.07, 6.45) is 3.17. The van der Waals surface area contributed by atoms with Gasteiger partial charge in [-0.25, -0.2) is 9.79 Å². The number of nitrogens with zero attached hydrogens (tertiary/aromatic N) is 1. The molecule has 1 aliphatic rings. The maximum atomic E-state index is 12.2. The van der Waals surface area contributed by atoms with Gasteiger partial charge in [0.15, 0.2) is 11.5 Å². The first-order chi connectivity index (χ1) is 14.8. The van der Waals surface area contributed by atoms with E-state index in [4.69, 9.17) is 13.9 Å². The molecule has 146 valence electrons. The van der Waals surface area contributed by atoms with E-state index in [1.54, 1.807) is 18.2 Å². The van der Waals surface area contributed by atoms with E-state index in [2.05, 4.69) is 29.3 Å². The van der Waals surface area contributed by atoms with E-state index in [1.807, 2.05) is 42.5 Å². The number of carbonyl (C=O) groups is 1. The number of hydrogen-bond donors (Lipinski definition) is 0. The summed E-state index contributed by atoms with van der Waals surface area (Å²) in [5.41, 5.74) is 2.03. The quantitative estimate of drug-likeness (QED) is 0.337. The molecule has 0 atom stereocenters. The molecule has 0 aliphatic carbocycles. The van der Waals surface area contributed by atoms with E-state index >= 15 is 0 Å². The lowest BCUT2D eigenvalue weighted by Crippen LogP contribution is -2.04. The molecule has 4 aromatic rings. The zero-order valence-electron chi connectivity index (χ0n) is 15.9. The molecule has 3 aromatic carbocycles. The third-order valence-electron chi connectivity index (χ3n) is 4.83. The lowest BCUT2D eigenvalue weighted by molar-refractivity contribution is -0.130. The number of esters is 1. The number of cyclic esters (lactones) is 1. The maximum Gasteiger partial charge on any atom is 0.363 e. The summed E-state index contributed by atoms with van der Waals surface area (Å²) in [4.78, 5) is 16.5. The summed E-state index contributed by atoms with van der Waals surface area (Å²) >= 11 is 0. The minimum atomic E-state index is -0.523. The van der Waals surface area contributed by atoms with Gasteiger partial charge in [0.1, 0.15) is 12.4 Å². The fourth-order valence-electron chi connectivity index (χ4n) is 3.37. The summed E-state index contributed by atoms with van der Waals surface area (Å²) in [5.74, 6) is 0.704. The van der Waals surface area contributed by atoms with Gasteiger partial charge in [-0.1, -0.05) is 60.7 Å². The van der Waals surface area contributed by atoms with Gasteiger partial charge in [0.05, 0.1) is 6.26 Å². The highest BCUT2D eigenvalue weighted by molar-refractivity contribution is 6.12. The summed E-state index contributed by atoms with van der Waals surface area (Å²) in [5, 5.41) is 2.32. The minimum absolute atomic E-state index is 0.158. The SMILES string of the molecule is O=C1OC(c2ccco2)=N/C1=C/c1ccccc1OCc1cccc2ccccc12. The van der Waals surface area contributed by atoms with Gasteiger partial charge in [-0.05, 0) is 40.6 Å². The molecule has 0 N–H and O–H groups in total. The fraction of sp³-hybridized carbons (Fsp3) is 0.0400. The third-order valence-corrected chi connectivity index (χ3v) is 4.83. The minimum Gasteiger partial charge on any atom is -0.488 e. The first-order valence-corrected chi connectivity index (χ1v) is 9.53. The van der Waals surface area contributed by atoms with E-state index in [9.17, 15) is 4.79 Å². The normalized spacial score (nSPS) is 14.7. The largest absolute Gasteiger partial charge is 0.488 e. The highest BCUT2D eigenvalue weighted by Gasteiger charge is 2.26. The van der Waals surface area contributed by atoms with Crippen LogP contribution in [0.3, 0.4) is 0 Å². The molecular formula is C25H17NO4. The Morgan fingerprint density at radius 1 is 0.900 bits per heavy atom. The standard InChI is InChI=1S/C25H17NO4/c27-25-21(26-24(30-25)23-13-6-14-28-23)15-18-8-2-4-12-22(18)29-16-19-10-5-9-17-7-1-3-11-20(17)19/h1-15H,16H2/b21-15+. The third kappa shape index (κ3) is 3.49. The van der Waals surface area contributed by atoms with Crippen molar-refractivity contribution >= 4 is 28.7 Å². The van der Waals surface area contributed by atoms with Crippen molar-refractivity contribution in [2.45, 2.75) is 6.61 Å². The summed E-state index contributed by atoms with van der Waals surface area (Å²) in [6, 6.07) is 25.3. The molecule has 0 saturated heterocycles. The predicted octanol–water partition coefficient (Wildman–Crippen LogP) is 5.36. The number of ether oxygens (including phenoxy) is 2. The molecule has 0 amide bonds. The lowest BCUT2D eigenvalue weighted by Gasteiger charge is -2.11. The van der Waals surface area contributed by atoms with Gasteiger partial charge in [0, 0.05) is 5.56 Å². The Kier molecular flexibility index (Phi) is 4.62. The Labute approximate surface area is 172 Å². The number of para-hydroxylation sites is 1. The molecule has 2 heterocycles. The monoisotopic (exact) mass is 395 g/mol. The molecule has 5 heteroatoms. The molecule has 0 fully saturated rings. The molecule has 5 rings (SSSR count). The first kappa shape index (κ1) is 17.9. The van der Waals surface area contributed by atoms with Gasteiger partial charge in [0.2, 0.25) is 0 Å². The fourth-order valence-corrected chi connectivity index (χ4v) is 3.37. The van der Waals surface area contributed by atoms with Crippen molar-refractivity contribution in [2.24, 2.45) is 4.99 Å². The van der Waals surface area contributed by atoms with Gasteiger partial charge < -0.3 is 13.9 Å². The van der Waals surface area contributed by atoms with E-state index < -0.39 is 5.97 Å². The molecule has 0 unspecified atom stereocenters. The van der Waals surface area contributed by atoms with Crippen molar-refractivity contribution in [1.29, 1.82) is 0 Å². The first-order valence-electron chi connectivity index (χ1n) is 9.53. The van der Waals surface area contributed by atoms with Crippen LogP contribution in [0.2, 0.25) is 0 Å². The van der Waals surface area contributed by atoms with E-state index in [0.29, 0.717) is 18.1 Å². The van der Waals surface area contributed by atoms with Gasteiger partial charge in [-0.3, -0.25) is 0 Å². The van der Waals surface area contributed by atoms with E-state index in [1.165, 1.54) is 11.6 Å². The molecule has 0 saturated carbocycles. The number of carbonyl (C=O) groups excluding carboxylic acids is 1. The van der Waals surface area contributed by atoms with Crippen molar-refractivity contribution in [3.8, 4) is 5.75 Å². The number of benzene rings is 3. The van der Waals surface area contributed by atoms with Gasteiger partial charge in [0.25, 0.3) is 5.90 Å². The van der Waals surface area contributed by atoms with Crippen molar-refractivity contribution in [3.63, 3.8) is 0 Å². The molecule has 0 spiro atoms. The van der Waals surface area contributed by atoms with Crippen LogP contribution in [0.25, 0.3) is 16.8 Å². The van der Waals surface area contributed by atoms with Gasteiger partial charge >= 0.3 is 5.97 Å². The number of hydrogen-bond acceptors (Lipinski definition) is 5. The van der Waals surface area contributed by atoms with Crippen LogP contribution < -0.4 is 4.74 Å². The predicted molar refractivity (Wildman–Crippen MR) is 114 cm³/mol. The van der Waals surface area contributed by atoms with Crippen LogP contribution in [0.5, 0.6) is 5.75 Å². The number of fused-ring (bicyclic) bond motifs is 1.